The highest BCUT2D eigenvalue weighted by atomic mass is 32.2. The molecule has 0 saturated carbocycles. The molecule has 1 atom stereocenters. The molecular formula is C14H22N4O3S. The Hall–Kier alpha value is -1.64. The fraction of sp³-hybridized carbons (Fsp3) is 0.500. The molecule has 0 aliphatic heterocycles. The number of nitrogens with one attached hydrogen (secondary N) is 1. The largest absolute Gasteiger partial charge is 0.387 e. The molecule has 2 rings (SSSR count). The van der Waals surface area contributed by atoms with Crippen LogP contribution in [0.3, 0.4) is 0 Å². The van der Waals surface area contributed by atoms with Crippen molar-refractivity contribution in [3.63, 3.8) is 0 Å². The number of sulfonamides is 1. The predicted molar refractivity (Wildman–Crippen MR) is 82.9 cm³/mol. The van der Waals surface area contributed by atoms with Crippen LogP contribution in [0.2, 0.25) is 0 Å². The second-order valence-electron chi connectivity index (χ2n) is 5.37. The van der Waals surface area contributed by atoms with E-state index in [1.165, 1.54) is 0 Å². The first-order chi connectivity index (χ1) is 10.2. The molecule has 0 radical (unpaired) electrons. The van der Waals surface area contributed by atoms with E-state index in [2.05, 4.69) is 9.82 Å². The molecule has 2 aromatic rings. The summed E-state index contributed by atoms with van der Waals surface area (Å²) < 4.78 is 30.6. The Morgan fingerprint density at radius 3 is 2.55 bits per heavy atom. The lowest BCUT2D eigenvalue weighted by Crippen LogP contribution is -2.27. The second kappa shape index (κ2) is 6.23. The highest BCUT2D eigenvalue weighted by molar-refractivity contribution is 7.89. The lowest BCUT2D eigenvalue weighted by atomic mass is 10.2. The Morgan fingerprint density at radius 1 is 1.36 bits per heavy atom. The molecule has 0 aromatic carbocycles. The lowest BCUT2D eigenvalue weighted by Gasteiger charge is -2.13. The van der Waals surface area contributed by atoms with Crippen LogP contribution in [-0.4, -0.2) is 34.4 Å². The number of aliphatic hydroxyl groups excluding tert-OH is 1. The van der Waals surface area contributed by atoms with E-state index in [1.54, 1.807) is 25.6 Å². The second-order valence-corrected chi connectivity index (χ2v) is 7.07. The maximum absolute atomic E-state index is 12.4. The normalized spacial score (nSPS) is 13.5. The van der Waals surface area contributed by atoms with E-state index in [4.69, 9.17) is 0 Å². The maximum Gasteiger partial charge on any atom is 0.244 e. The van der Waals surface area contributed by atoms with Crippen LogP contribution < -0.4 is 4.72 Å². The van der Waals surface area contributed by atoms with Gasteiger partial charge in [-0.05, 0) is 32.4 Å². The number of aryl methyl sites for hydroxylation is 3. The third-order valence-electron chi connectivity index (χ3n) is 3.75. The van der Waals surface area contributed by atoms with Crippen LogP contribution in [0.5, 0.6) is 0 Å². The Labute approximate surface area is 130 Å². The van der Waals surface area contributed by atoms with Gasteiger partial charge in [0.2, 0.25) is 10.0 Å². The predicted octanol–water partition coefficient (Wildman–Crippen LogP) is 0.777. The summed E-state index contributed by atoms with van der Waals surface area (Å²) in [6.45, 7) is 3.54. The molecule has 2 aromatic heterocycles. The van der Waals surface area contributed by atoms with Gasteiger partial charge in [0, 0.05) is 32.5 Å². The van der Waals surface area contributed by atoms with E-state index >= 15 is 0 Å². The van der Waals surface area contributed by atoms with Gasteiger partial charge in [-0.15, -0.1) is 0 Å². The average molecular weight is 326 g/mol. The summed E-state index contributed by atoms with van der Waals surface area (Å²) in [5.41, 5.74) is 1.82. The minimum absolute atomic E-state index is 0.155. The van der Waals surface area contributed by atoms with Crippen LogP contribution in [-0.2, 0) is 24.1 Å². The number of aromatic nitrogens is 3. The van der Waals surface area contributed by atoms with Gasteiger partial charge >= 0.3 is 0 Å². The van der Waals surface area contributed by atoms with Crippen LogP contribution >= 0.6 is 0 Å². The quantitative estimate of drug-likeness (QED) is 0.821. The van der Waals surface area contributed by atoms with Gasteiger partial charge in [-0.3, -0.25) is 4.68 Å². The number of rotatable bonds is 6. The molecule has 2 N–H and O–H groups in total. The summed E-state index contributed by atoms with van der Waals surface area (Å²) in [4.78, 5) is 0.211. The van der Waals surface area contributed by atoms with Gasteiger partial charge in [0.05, 0.1) is 17.5 Å². The zero-order valence-corrected chi connectivity index (χ0v) is 14.1. The van der Waals surface area contributed by atoms with Gasteiger partial charge in [-0.2, -0.15) is 5.10 Å². The molecule has 0 fully saturated rings. The molecule has 0 saturated heterocycles. The first kappa shape index (κ1) is 16.7. The van der Waals surface area contributed by atoms with E-state index in [0.29, 0.717) is 17.8 Å². The van der Waals surface area contributed by atoms with Gasteiger partial charge in [-0.1, -0.05) is 0 Å². The third kappa shape index (κ3) is 3.23. The topological polar surface area (TPSA) is 89.2 Å². The smallest absolute Gasteiger partial charge is 0.244 e. The first-order valence-corrected chi connectivity index (χ1v) is 8.51. The van der Waals surface area contributed by atoms with Crippen LogP contribution in [0.4, 0.5) is 0 Å². The van der Waals surface area contributed by atoms with Crippen molar-refractivity contribution in [3.8, 4) is 0 Å². The molecule has 122 valence electrons. The van der Waals surface area contributed by atoms with Crippen molar-refractivity contribution in [2.75, 3.05) is 6.54 Å². The van der Waals surface area contributed by atoms with E-state index in [1.807, 2.05) is 29.9 Å². The molecule has 8 heteroatoms. The monoisotopic (exact) mass is 326 g/mol. The Bertz CT molecular complexity index is 761. The maximum atomic E-state index is 12.4. The average Bonchev–Trinajstić information content (AvgIpc) is 2.94. The standard InChI is InChI=1S/C14H22N4O3S/c1-10-14(11(2)18(4)16-10)22(20,21)15-8-7-13(19)12-6-5-9-17(12)3/h5-6,9,13,15,19H,7-8H2,1-4H3. The molecule has 2 heterocycles. The van der Waals surface area contributed by atoms with Gasteiger partial charge in [0.15, 0.2) is 0 Å². The van der Waals surface area contributed by atoms with E-state index < -0.39 is 16.1 Å². The fourth-order valence-corrected chi connectivity index (χ4v) is 4.00. The van der Waals surface area contributed by atoms with Gasteiger partial charge < -0.3 is 9.67 Å². The number of nitrogens with zero attached hydrogens (tertiary/aromatic N) is 3. The van der Waals surface area contributed by atoms with Gasteiger partial charge in [0.25, 0.3) is 0 Å². The van der Waals surface area contributed by atoms with Crippen molar-refractivity contribution in [2.45, 2.75) is 31.3 Å². The van der Waals surface area contributed by atoms with Crippen LogP contribution in [0.1, 0.15) is 29.6 Å². The Kier molecular flexibility index (Phi) is 4.74. The Morgan fingerprint density at radius 2 is 2.05 bits per heavy atom. The van der Waals surface area contributed by atoms with Crippen molar-refractivity contribution in [1.29, 1.82) is 0 Å². The summed E-state index contributed by atoms with van der Waals surface area (Å²) in [5.74, 6) is 0. The summed E-state index contributed by atoms with van der Waals surface area (Å²) in [7, 11) is -0.0794. The molecular weight excluding hydrogens is 304 g/mol. The van der Waals surface area contributed by atoms with Crippen LogP contribution in [0.15, 0.2) is 23.2 Å². The van der Waals surface area contributed by atoms with Crippen molar-refractivity contribution in [2.24, 2.45) is 14.1 Å². The van der Waals surface area contributed by atoms with E-state index in [-0.39, 0.29) is 11.4 Å². The SMILES string of the molecule is Cc1nn(C)c(C)c1S(=O)(=O)NCCC(O)c1cccn1C. The zero-order valence-electron chi connectivity index (χ0n) is 13.2. The molecule has 1 unspecified atom stereocenters. The molecule has 0 amide bonds. The highest BCUT2D eigenvalue weighted by Gasteiger charge is 2.23. The minimum atomic E-state index is -3.63. The summed E-state index contributed by atoms with van der Waals surface area (Å²) in [6, 6.07) is 3.65. The van der Waals surface area contributed by atoms with Crippen molar-refractivity contribution in [1.82, 2.24) is 19.1 Å². The molecule has 7 nitrogen and oxygen atoms in total. The summed E-state index contributed by atoms with van der Waals surface area (Å²) in [6.07, 6.45) is 1.43. The van der Waals surface area contributed by atoms with Crippen LogP contribution in [0, 0.1) is 13.8 Å². The minimum Gasteiger partial charge on any atom is -0.387 e. The number of hydrogen-bond donors (Lipinski definition) is 2. The lowest BCUT2D eigenvalue weighted by molar-refractivity contribution is 0.161. The zero-order chi connectivity index (χ0) is 16.5. The van der Waals surface area contributed by atoms with Crippen molar-refractivity contribution >= 4 is 10.0 Å². The molecule has 0 spiro atoms. The number of hydrogen-bond acceptors (Lipinski definition) is 4. The van der Waals surface area contributed by atoms with Gasteiger partial charge in [-0.25, -0.2) is 13.1 Å². The molecule has 22 heavy (non-hydrogen) atoms. The summed E-state index contributed by atoms with van der Waals surface area (Å²) >= 11 is 0. The van der Waals surface area contributed by atoms with Crippen molar-refractivity contribution < 1.29 is 13.5 Å². The Balaban J connectivity index is 2.03. The van der Waals surface area contributed by atoms with E-state index in [0.717, 1.165) is 5.69 Å². The number of aliphatic hydroxyl groups is 1. The highest BCUT2D eigenvalue weighted by Crippen LogP contribution is 2.19. The first-order valence-electron chi connectivity index (χ1n) is 7.03. The molecule has 0 bridgehead atoms. The van der Waals surface area contributed by atoms with Crippen molar-refractivity contribution in [3.05, 3.63) is 35.4 Å². The van der Waals surface area contributed by atoms with Gasteiger partial charge in [0.1, 0.15) is 4.90 Å². The fourth-order valence-electron chi connectivity index (χ4n) is 2.51. The van der Waals surface area contributed by atoms with E-state index in [9.17, 15) is 13.5 Å². The summed E-state index contributed by atoms with van der Waals surface area (Å²) in [5, 5.41) is 14.2. The third-order valence-corrected chi connectivity index (χ3v) is 5.46. The van der Waals surface area contributed by atoms with Crippen LogP contribution in [0.25, 0.3) is 0 Å². The molecule has 0 aliphatic carbocycles. The molecule has 0 aliphatic rings.